The van der Waals surface area contributed by atoms with Gasteiger partial charge in [0.05, 0.1) is 29.0 Å². The molecule has 6 heteroatoms. The van der Waals surface area contributed by atoms with Gasteiger partial charge in [-0.15, -0.1) is 0 Å². The second-order valence-corrected chi connectivity index (χ2v) is 8.99. The van der Waals surface area contributed by atoms with Crippen molar-refractivity contribution in [1.29, 1.82) is 0 Å². The van der Waals surface area contributed by atoms with Crippen LogP contribution >= 0.6 is 15.9 Å². The smallest absolute Gasteiger partial charge is 0.172 e. The van der Waals surface area contributed by atoms with E-state index in [1.165, 1.54) is 12.7 Å². The number of ketones is 1. The van der Waals surface area contributed by atoms with Crippen LogP contribution in [-0.2, 0) is 4.79 Å². The van der Waals surface area contributed by atoms with E-state index in [0.717, 1.165) is 34.6 Å². The zero-order chi connectivity index (χ0) is 22.2. The maximum Gasteiger partial charge on any atom is 0.172 e. The summed E-state index contributed by atoms with van der Waals surface area (Å²) in [7, 11) is 1.52. The van der Waals surface area contributed by atoms with E-state index in [1.54, 1.807) is 6.07 Å². The summed E-state index contributed by atoms with van der Waals surface area (Å²) < 4.78 is 5.89. The standard InChI is InChI=1S/C26H23BrN2O3/c1-32-23-14-17(11-18(27)26(23)31)25-24-21(28-19-9-5-6-10-20(19)29-25)12-16(13-22(24)30)15-7-3-2-4-8-15/h2-11,14,16,25,28-29,31H,12-13H2,1H3/t16-,25-/m1/s1. The first-order valence-electron chi connectivity index (χ1n) is 10.6. The highest BCUT2D eigenvalue weighted by atomic mass is 79.9. The van der Waals surface area contributed by atoms with Crippen LogP contribution in [0.4, 0.5) is 11.4 Å². The van der Waals surface area contributed by atoms with Gasteiger partial charge in [0.15, 0.2) is 17.3 Å². The number of benzene rings is 3. The van der Waals surface area contributed by atoms with E-state index in [1.807, 2.05) is 48.5 Å². The Morgan fingerprint density at radius 3 is 2.44 bits per heavy atom. The van der Waals surface area contributed by atoms with Crippen LogP contribution in [0.25, 0.3) is 0 Å². The molecule has 2 atom stereocenters. The number of nitrogens with one attached hydrogen (secondary N) is 2. The third kappa shape index (κ3) is 3.65. The summed E-state index contributed by atoms with van der Waals surface area (Å²) in [6, 6.07) is 21.4. The first kappa shape index (κ1) is 20.6. The lowest BCUT2D eigenvalue weighted by molar-refractivity contribution is -0.116. The minimum absolute atomic E-state index is 0.0386. The fourth-order valence-electron chi connectivity index (χ4n) is 4.62. The second kappa shape index (κ2) is 8.36. The predicted octanol–water partition coefficient (Wildman–Crippen LogP) is 6.14. The molecule has 1 aliphatic carbocycles. The number of allylic oxidation sites excluding steroid dienone is 1. The monoisotopic (exact) mass is 490 g/mol. The van der Waals surface area contributed by atoms with Gasteiger partial charge in [0.25, 0.3) is 0 Å². The van der Waals surface area contributed by atoms with E-state index in [-0.39, 0.29) is 23.5 Å². The van der Waals surface area contributed by atoms with Crippen LogP contribution in [-0.4, -0.2) is 18.0 Å². The molecule has 3 aromatic carbocycles. The van der Waals surface area contributed by atoms with E-state index < -0.39 is 0 Å². The lowest BCUT2D eigenvalue weighted by Gasteiger charge is -2.30. The Hall–Kier alpha value is -3.25. The number of para-hydroxylation sites is 2. The number of aromatic hydroxyl groups is 1. The summed E-state index contributed by atoms with van der Waals surface area (Å²) in [5, 5.41) is 17.4. The van der Waals surface area contributed by atoms with Crippen molar-refractivity contribution in [2.24, 2.45) is 0 Å². The summed E-state index contributed by atoms with van der Waals surface area (Å²) in [4.78, 5) is 13.6. The van der Waals surface area contributed by atoms with Crippen molar-refractivity contribution in [3.8, 4) is 11.5 Å². The van der Waals surface area contributed by atoms with Crippen LogP contribution in [0.2, 0.25) is 0 Å². The Kier molecular flexibility index (Phi) is 5.39. The number of carbonyl (C=O) groups excluding carboxylic acids is 1. The summed E-state index contributed by atoms with van der Waals surface area (Å²) in [5.41, 5.74) is 5.52. The number of phenolic OH excluding ortho intramolecular Hbond substituents is 1. The summed E-state index contributed by atoms with van der Waals surface area (Å²) in [6.45, 7) is 0. The highest BCUT2D eigenvalue weighted by Gasteiger charge is 2.36. The van der Waals surface area contributed by atoms with Gasteiger partial charge in [0.1, 0.15) is 0 Å². The van der Waals surface area contributed by atoms with Crippen molar-refractivity contribution in [3.05, 3.63) is 93.6 Å². The number of anilines is 2. The van der Waals surface area contributed by atoms with Crippen molar-refractivity contribution >= 4 is 33.1 Å². The van der Waals surface area contributed by atoms with Crippen LogP contribution in [0.1, 0.15) is 35.9 Å². The number of hydrogen-bond donors (Lipinski definition) is 3. The zero-order valence-electron chi connectivity index (χ0n) is 17.6. The number of fused-ring (bicyclic) bond motifs is 1. The van der Waals surface area contributed by atoms with Gasteiger partial charge in [-0.1, -0.05) is 42.5 Å². The molecule has 0 fully saturated rings. The van der Waals surface area contributed by atoms with E-state index in [0.29, 0.717) is 16.6 Å². The molecule has 0 amide bonds. The molecular formula is C26H23BrN2O3. The van der Waals surface area contributed by atoms with Gasteiger partial charge in [-0.25, -0.2) is 0 Å². The van der Waals surface area contributed by atoms with Gasteiger partial charge in [-0.3, -0.25) is 4.79 Å². The molecule has 5 nitrogen and oxygen atoms in total. The van der Waals surface area contributed by atoms with Crippen molar-refractivity contribution in [2.45, 2.75) is 24.8 Å². The predicted molar refractivity (Wildman–Crippen MR) is 129 cm³/mol. The first-order valence-corrected chi connectivity index (χ1v) is 11.3. The van der Waals surface area contributed by atoms with Crippen LogP contribution in [0.5, 0.6) is 11.5 Å². The second-order valence-electron chi connectivity index (χ2n) is 8.13. The Morgan fingerprint density at radius 1 is 0.969 bits per heavy atom. The maximum absolute atomic E-state index is 13.6. The minimum Gasteiger partial charge on any atom is -0.503 e. The summed E-state index contributed by atoms with van der Waals surface area (Å²) in [5.74, 6) is 0.633. The molecule has 5 rings (SSSR count). The van der Waals surface area contributed by atoms with Crippen molar-refractivity contribution in [2.75, 3.05) is 17.7 Å². The SMILES string of the molecule is COc1cc([C@H]2Nc3ccccc3NC3=C2C(=O)C[C@H](c2ccccc2)C3)cc(Br)c1O. The normalized spacial score (nSPS) is 19.9. The Balaban J connectivity index is 1.65. The molecule has 0 aromatic heterocycles. The molecule has 3 N–H and O–H groups in total. The molecule has 0 saturated carbocycles. The van der Waals surface area contributed by atoms with E-state index in [4.69, 9.17) is 4.74 Å². The highest BCUT2D eigenvalue weighted by molar-refractivity contribution is 9.10. The first-order chi connectivity index (χ1) is 15.5. The minimum atomic E-state index is -0.379. The molecule has 3 aromatic rings. The van der Waals surface area contributed by atoms with Crippen LogP contribution in [0.15, 0.2) is 82.5 Å². The lowest BCUT2D eigenvalue weighted by Crippen LogP contribution is -2.26. The van der Waals surface area contributed by atoms with Gasteiger partial charge < -0.3 is 20.5 Å². The molecular weight excluding hydrogens is 468 g/mol. The average molecular weight is 491 g/mol. The van der Waals surface area contributed by atoms with Gasteiger partial charge in [-0.2, -0.15) is 0 Å². The number of rotatable bonds is 3. The van der Waals surface area contributed by atoms with Crippen molar-refractivity contribution < 1.29 is 14.6 Å². The van der Waals surface area contributed by atoms with Crippen molar-refractivity contribution in [3.63, 3.8) is 0 Å². The van der Waals surface area contributed by atoms with Gasteiger partial charge in [0.2, 0.25) is 0 Å². The Morgan fingerprint density at radius 2 is 1.69 bits per heavy atom. The molecule has 0 unspecified atom stereocenters. The van der Waals surface area contributed by atoms with E-state index in [2.05, 4.69) is 38.7 Å². The Labute approximate surface area is 195 Å². The molecule has 0 spiro atoms. The largest absolute Gasteiger partial charge is 0.503 e. The number of methoxy groups -OCH3 is 1. The molecule has 0 saturated heterocycles. The molecule has 0 bridgehead atoms. The van der Waals surface area contributed by atoms with Crippen molar-refractivity contribution in [1.82, 2.24) is 0 Å². The molecule has 1 heterocycles. The highest BCUT2D eigenvalue weighted by Crippen LogP contribution is 2.46. The number of carbonyl (C=O) groups is 1. The van der Waals surface area contributed by atoms with E-state index >= 15 is 0 Å². The average Bonchev–Trinajstić information content (AvgIpc) is 2.98. The topological polar surface area (TPSA) is 70.6 Å². The number of Topliss-reactive ketones (excluding diaryl/α,β-unsaturated/α-hetero) is 1. The Bertz CT molecular complexity index is 1220. The van der Waals surface area contributed by atoms with Gasteiger partial charge in [-0.05, 0) is 63.7 Å². The summed E-state index contributed by atoms with van der Waals surface area (Å²) >= 11 is 3.42. The molecule has 0 radical (unpaired) electrons. The third-order valence-electron chi connectivity index (χ3n) is 6.18. The molecule has 1 aliphatic heterocycles. The quantitative estimate of drug-likeness (QED) is 0.411. The zero-order valence-corrected chi connectivity index (χ0v) is 19.1. The fraction of sp³-hybridized carbons (Fsp3) is 0.192. The lowest BCUT2D eigenvalue weighted by atomic mass is 9.78. The maximum atomic E-state index is 13.6. The van der Waals surface area contributed by atoms with Crippen LogP contribution < -0.4 is 15.4 Å². The van der Waals surface area contributed by atoms with Crippen LogP contribution in [0.3, 0.4) is 0 Å². The van der Waals surface area contributed by atoms with E-state index in [9.17, 15) is 9.90 Å². The molecule has 2 aliphatic rings. The van der Waals surface area contributed by atoms with Gasteiger partial charge >= 0.3 is 0 Å². The van der Waals surface area contributed by atoms with Crippen LogP contribution in [0, 0.1) is 0 Å². The summed E-state index contributed by atoms with van der Waals surface area (Å²) in [6.07, 6.45) is 1.20. The fourth-order valence-corrected chi connectivity index (χ4v) is 5.08. The molecule has 32 heavy (non-hydrogen) atoms. The number of halogens is 1. The van der Waals surface area contributed by atoms with Gasteiger partial charge in [0, 0.05) is 17.7 Å². The number of hydrogen-bond acceptors (Lipinski definition) is 5. The molecule has 162 valence electrons. The number of ether oxygens (including phenoxy) is 1. The third-order valence-corrected chi connectivity index (χ3v) is 6.79. The number of phenols is 1.